The van der Waals surface area contributed by atoms with Gasteiger partial charge in [-0.2, -0.15) is 0 Å². The highest BCUT2D eigenvalue weighted by molar-refractivity contribution is 6.30. The second kappa shape index (κ2) is 9.98. The Morgan fingerprint density at radius 2 is 1.72 bits per heavy atom. The third-order valence-electron chi connectivity index (χ3n) is 4.68. The summed E-state index contributed by atoms with van der Waals surface area (Å²) in [5, 5.41) is 0.626. The zero-order valence-electron chi connectivity index (χ0n) is 16.2. The van der Waals surface area contributed by atoms with Crippen LogP contribution in [-0.2, 0) is 14.3 Å². The Labute approximate surface area is 175 Å². The van der Waals surface area contributed by atoms with Crippen molar-refractivity contribution in [1.82, 2.24) is 4.90 Å². The number of halogens is 1. The molecule has 152 valence electrons. The smallest absolute Gasteiger partial charge is 0.331 e. The molecule has 1 saturated heterocycles. The Bertz CT molecular complexity index is 875. The van der Waals surface area contributed by atoms with E-state index < -0.39 is 5.97 Å². The van der Waals surface area contributed by atoms with Crippen LogP contribution in [0.5, 0.6) is 5.75 Å². The number of benzene rings is 2. The molecule has 1 aliphatic rings. The molecule has 6 nitrogen and oxygen atoms in total. The lowest BCUT2D eigenvalue weighted by atomic mass is 10.2. The van der Waals surface area contributed by atoms with E-state index in [9.17, 15) is 9.59 Å². The summed E-state index contributed by atoms with van der Waals surface area (Å²) in [6.45, 7) is 2.25. The van der Waals surface area contributed by atoms with Crippen molar-refractivity contribution in [1.29, 1.82) is 0 Å². The van der Waals surface area contributed by atoms with Gasteiger partial charge in [-0.3, -0.25) is 4.79 Å². The van der Waals surface area contributed by atoms with Crippen LogP contribution in [-0.4, -0.2) is 56.7 Å². The van der Waals surface area contributed by atoms with Crippen molar-refractivity contribution in [3.63, 3.8) is 0 Å². The van der Waals surface area contributed by atoms with E-state index in [0.717, 1.165) is 17.0 Å². The van der Waals surface area contributed by atoms with Crippen molar-refractivity contribution >= 4 is 35.2 Å². The number of hydrogen-bond donors (Lipinski definition) is 0. The number of carbonyl (C=O) groups excluding carboxylic acids is 2. The number of piperazine rings is 1. The first-order valence-electron chi connectivity index (χ1n) is 9.33. The Hall–Kier alpha value is -2.99. The summed E-state index contributed by atoms with van der Waals surface area (Å²) in [6.07, 6.45) is 2.92. The molecular weight excluding hydrogens is 392 g/mol. The van der Waals surface area contributed by atoms with Crippen LogP contribution in [0.4, 0.5) is 5.69 Å². The van der Waals surface area contributed by atoms with Gasteiger partial charge in [0, 0.05) is 37.3 Å². The molecule has 0 bridgehead atoms. The minimum Gasteiger partial charge on any atom is -0.495 e. The van der Waals surface area contributed by atoms with Crippen LogP contribution in [0, 0.1) is 0 Å². The molecule has 1 heterocycles. The lowest BCUT2D eigenvalue weighted by molar-refractivity contribution is -0.148. The highest BCUT2D eigenvalue weighted by Crippen LogP contribution is 2.28. The van der Waals surface area contributed by atoms with Gasteiger partial charge in [0.1, 0.15) is 5.75 Å². The lowest BCUT2D eigenvalue weighted by Crippen LogP contribution is -2.50. The van der Waals surface area contributed by atoms with Crippen molar-refractivity contribution in [2.45, 2.75) is 0 Å². The molecule has 29 heavy (non-hydrogen) atoms. The van der Waals surface area contributed by atoms with E-state index >= 15 is 0 Å². The molecule has 0 spiro atoms. The molecule has 7 heteroatoms. The average Bonchev–Trinajstić information content (AvgIpc) is 2.77. The van der Waals surface area contributed by atoms with Crippen molar-refractivity contribution in [3.05, 3.63) is 65.2 Å². The first-order chi connectivity index (χ1) is 14.1. The quantitative estimate of drug-likeness (QED) is 0.536. The third kappa shape index (κ3) is 5.74. The van der Waals surface area contributed by atoms with Crippen molar-refractivity contribution in [2.75, 3.05) is 44.8 Å². The first kappa shape index (κ1) is 20.7. The van der Waals surface area contributed by atoms with Gasteiger partial charge in [0.05, 0.1) is 12.8 Å². The van der Waals surface area contributed by atoms with Gasteiger partial charge in [0.15, 0.2) is 6.61 Å². The normalized spacial score (nSPS) is 14.1. The molecule has 3 rings (SSSR count). The SMILES string of the molecule is COc1ccccc1N1CCN(C(=O)COC(=O)/C=C/c2ccc(Cl)cc2)CC1. The van der Waals surface area contributed by atoms with Gasteiger partial charge < -0.3 is 19.3 Å². The van der Waals surface area contributed by atoms with Gasteiger partial charge in [-0.1, -0.05) is 35.9 Å². The number of rotatable bonds is 6. The Kier molecular flexibility index (Phi) is 7.14. The summed E-state index contributed by atoms with van der Waals surface area (Å²) < 4.78 is 10.5. The zero-order chi connectivity index (χ0) is 20.6. The molecule has 1 amide bonds. The predicted octanol–water partition coefficient (Wildman–Crippen LogP) is 3.25. The number of carbonyl (C=O) groups is 2. The van der Waals surface area contributed by atoms with Crippen LogP contribution in [0.2, 0.25) is 5.02 Å². The fourth-order valence-electron chi connectivity index (χ4n) is 3.10. The number of anilines is 1. The van der Waals surface area contributed by atoms with E-state index in [1.54, 1.807) is 42.4 Å². The number of methoxy groups -OCH3 is 1. The Balaban J connectivity index is 1.45. The number of esters is 1. The van der Waals surface area contributed by atoms with Crippen LogP contribution in [0.15, 0.2) is 54.6 Å². The molecular formula is C22H23ClN2O4. The molecule has 0 radical (unpaired) electrons. The van der Waals surface area contributed by atoms with Crippen LogP contribution in [0.25, 0.3) is 6.08 Å². The molecule has 1 fully saturated rings. The van der Waals surface area contributed by atoms with Gasteiger partial charge in [0.25, 0.3) is 5.91 Å². The Morgan fingerprint density at radius 3 is 2.41 bits per heavy atom. The second-order valence-electron chi connectivity index (χ2n) is 6.53. The molecule has 0 saturated carbocycles. The molecule has 2 aromatic carbocycles. The summed E-state index contributed by atoms with van der Waals surface area (Å²) in [5.74, 6) is 0.0626. The van der Waals surface area contributed by atoms with Gasteiger partial charge in [-0.25, -0.2) is 4.79 Å². The van der Waals surface area contributed by atoms with Crippen molar-refractivity contribution < 1.29 is 19.1 Å². The van der Waals surface area contributed by atoms with Crippen LogP contribution < -0.4 is 9.64 Å². The monoisotopic (exact) mass is 414 g/mol. The predicted molar refractivity (Wildman–Crippen MR) is 113 cm³/mol. The van der Waals surface area contributed by atoms with Crippen molar-refractivity contribution in [3.8, 4) is 5.75 Å². The molecule has 1 aliphatic heterocycles. The van der Waals surface area contributed by atoms with E-state index in [1.165, 1.54) is 6.08 Å². The average molecular weight is 415 g/mol. The van der Waals surface area contributed by atoms with Gasteiger partial charge >= 0.3 is 5.97 Å². The Morgan fingerprint density at radius 1 is 1.03 bits per heavy atom. The highest BCUT2D eigenvalue weighted by Gasteiger charge is 2.23. The van der Waals surface area contributed by atoms with Gasteiger partial charge in [-0.15, -0.1) is 0 Å². The van der Waals surface area contributed by atoms with Gasteiger partial charge in [0.2, 0.25) is 0 Å². The minimum absolute atomic E-state index is 0.196. The fraction of sp³-hybridized carbons (Fsp3) is 0.273. The van der Waals surface area contributed by atoms with E-state index in [4.69, 9.17) is 21.1 Å². The van der Waals surface area contributed by atoms with E-state index in [-0.39, 0.29) is 12.5 Å². The molecule has 2 aromatic rings. The summed E-state index contributed by atoms with van der Waals surface area (Å²) in [5.41, 5.74) is 1.84. The fourth-order valence-corrected chi connectivity index (χ4v) is 3.22. The zero-order valence-corrected chi connectivity index (χ0v) is 17.0. The number of para-hydroxylation sites is 2. The second-order valence-corrected chi connectivity index (χ2v) is 6.97. The highest BCUT2D eigenvalue weighted by atomic mass is 35.5. The van der Waals surface area contributed by atoms with Crippen molar-refractivity contribution in [2.24, 2.45) is 0 Å². The van der Waals surface area contributed by atoms with Crippen LogP contribution >= 0.6 is 11.6 Å². The summed E-state index contributed by atoms with van der Waals surface area (Å²) >= 11 is 5.82. The standard InChI is InChI=1S/C22H23ClN2O4/c1-28-20-5-3-2-4-19(20)24-12-14-25(15-13-24)21(26)16-29-22(27)11-8-17-6-9-18(23)10-7-17/h2-11H,12-16H2,1H3/b11-8+. The maximum atomic E-state index is 12.3. The lowest BCUT2D eigenvalue weighted by Gasteiger charge is -2.36. The molecule has 0 atom stereocenters. The molecule has 0 N–H and O–H groups in total. The first-order valence-corrected chi connectivity index (χ1v) is 9.71. The summed E-state index contributed by atoms with van der Waals surface area (Å²) in [6, 6.07) is 14.9. The van der Waals surface area contributed by atoms with Crippen LogP contribution in [0.1, 0.15) is 5.56 Å². The third-order valence-corrected chi connectivity index (χ3v) is 4.93. The topological polar surface area (TPSA) is 59.1 Å². The number of amides is 1. The van der Waals surface area contributed by atoms with E-state index in [0.29, 0.717) is 31.2 Å². The largest absolute Gasteiger partial charge is 0.495 e. The number of hydrogen-bond acceptors (Lipinski definition) is 5. The maximum absolute atomic E-state index is 12.3. The van der Waals surface area contributed by atoms with E-state index in [2.05, 4.69) is 4.90 Å². The maximum Gasteiger partial charge on any atom is 0.331 e. The number of ether oxygens (including phenoxy) is 2. The van der Waals surface area contributed by atoms with Crippen LogP contribution in [0.3, 0.4) is 0 Å². The summed E-state index contributed by atoms with van der Waals surface area (Å²) in [4.78, 5) is 28.1. The molecule has 0 aliphatic carbocycles. The molecule has 0 unspecified atom stereocenters. The minimum atomic E-state index is -0.555. The number of nitrogens with zero attached hydrogens (tertiary/aromatic N) is 2. The van der Waals surface area contributed by atoms with Gasteiger partial charge in [-0.05, 0) is 35.9 Å². The summed E-state index contributed by atoms with van der Waals surface area (Å²) in [7, 11) is 1.65. The molecule has 0 aromatic heterocycles. The van der Waals surface area contributed by atoms with E-state index in [1.807, 2.05) is 24.3 Å².